The zero-order valence-electron chi connectivity index (χ0n) is 18.3. The first-order valence-electron chi connectivity index (χ1n) is 10.2. The summed E-state index contributed by atoms with van der Waals surface area (Å²) in [5.41, 5.74) is 2.08. The van der Waals surface area contributed by atoms with E-state index in [0.29, 0.717) is 38.0 Å². The summed E-state index contributed by atoms with van der Waals surface area (Å²) in [6.45, 7) is 4.29. The molecule has 0 saturated heterocycles. The largest absolute Gasteiger partial charge is 0.493 e. The van der Waals surface area contributed by atoms with Gasteiger partial charge in [-0.3, -0.25) is 0 Å². The van der Waals surface area contributed by atoms with Crippen LogP contribution in [0.15, 0.2) is 66.2 Å². The van der Waals surface area contributed by atoms with Gasteiger partial charge in [0.05, 0.1) is 25.2 Å². The first-order valence-corrected chi connectivity index (χ1v) is 10.2. The lowest BCUT2D eigenvalue weighted by Gasteiger charge is -2.13. The van der Waals surface area contributed by atoms with Crippen molar-refractivity contribution in [1.82, 2.24) is 14.9 Å². The molecule has 32 heavy (non-hydrogen) atoms. The van der Waals surface area contributed by atoms with E-state index in [2.05, 4.69) is 20.6 Å². The molecule has 0 aliphatic carbocycles. The van der Waals surface area contributed by atoms with Crippen LogP contribution in [-0.2, 0) is 11.3 Å². The molecule has 172 valence electrons. The van der Waals surface area contributed by atoms with Gasteiger partial charge in [-0.05, 0) is 36.8 Å². The van der Waals surface area contributed by atoms with Crippen molar-refractivity contribution in [2.75, 3.05) is 32.2 Å². The second-order valence-electron chi connectivity index (χ2n) is 6.80. The summed E-state index contributed by atoms with van der Waals surface area (Å²) < 4.78 is 26.9. The smallest absolute Gasteiger partial charge is 0.196 e. The van der Waals surface area contributed by atoms with Crippen LogP contribution in [0.25, 0.3) is 5.69 Å². The molecule has 0 radical (unpaired) electrons. The van der Waals surface area contributed by atoms with Crippen molar-refractivity contribution in [2.24, 2.45) is 4.99 Å². The number of guanidine groups is 1. The van der Waals surface area contributed by atoms with Crippen molar-refractivity contribution in [2.45, 2.75) is 19.9 Å². The molecule has 3 aromatic rings. The normalized spacial score (nSPS) is 11.0. The van der Waals surface area contributed by atoms with Gasteiger partial charge in [0.25, 0.3) is 0 Å². The molecule has 0 aliphatic heterocycles. The molecule has 0 aliphatic rings. The number of rotatable bonds is 10. The quantitative estimate of drug-likeness (QED) is 0.166. The number of ether oxygens (including phenoxy) is 2. The van der Waals surface area contributed by atoms with Crippen molar-refractivity contribution >= 4 is 35.6 Å². The number of hydrogen-bond acceptors (Lipinski definition) is 4. The van der Waals surface area contributed by atoms with Gasteiger partial charge >= 0.3 is 0 Å². The zero-order chi connectivity index (χ0) is 21.9. The van der Waals surface area contributed by atoms with Crippen LogP contribution in [0.3, 0.4) is 0 Å². The fourth-order valence-electron chi connectivity index (χ4n) is 2.93. The minimum absolute atomic E-state index is 0. The predicted octanol–water partition coefficient (Wildman–Crippen LogP) is 4.62. The number of nitrogens with zero attached hydrogens (tertiary/aromatic N) is 3. The molecule has 0 unspecified atom stereocenters. The number of aliphatic imine (C=N–C) groups is 1. The highest BCUT2D eigenvalue weighted by Gasteiger charge is 2.06. The molecule has 0 amide bonds. The van der Waals surface area contributed by atoms with Gasteiger partial charge in [-0.15, -0.1) is 24.0 Å². The molecule has 0 atom stereocenters. The number of hydrogen-bond donors (Lipinski definition) is 2. The van der Waals surface area contributed by atoms with Crippen LogP contribution >= 0.6 is 24.0 Å². The van der Waals surface area contributed by atoms with Gasteiger partial charge in [-0.25, -0.2) is 14.4 Å². The third-order valence-electron chi connectivity index (χ3n) is 4.42. The third kappa shape index (κ3) is 7.79. The topological polar surface area (TPSA) is 72.7 Å². The fraction of sp³-hybridized carbons (Fsp3) is 0.304. The summed E-state index contributed by atoms with van der Waals surface area (Å²) in [5.74, 6) is 1.06. The molecule has 2 aromatic carbocycles. The summed E-state index contributed by atoms with van der Waals surface area (Å²) in [6, 6.07) is 12.8. The Morgan fingerprint density at radius 3 is 2.78 bits per heavy atom. The molecule has 1 heterocycles. The minimum Gasteiger partial charge on any atom is -0.493 e. The maximum absolute atomic E-state index is 14.5. The van der Waals surface area contributed by atoms with Gasteiger partial charge < -0.3 is 24.7 Å². The Labute approximate surface area is 205 Å². The molecule has 0 spiro atoms. The third-order valence-corrected chi connectivity index (χ3v) is 4.42. The molecule has 9 heteroatoms. The highest BCUT2D eigenvalue weighted by molar-refractivity contribution is 14.0. The number of aromatic nitrogens is 2. The van der Waals surface area contributed by atoms with Gasteiger partial charge in [-0.1, -0.05) is 12.1 Å². The summed E-state index contributed by atoms with van der Waals surface area (Å²) in [7, 11) is 1.68. The lowest BCUT2D eigenvalue weighted by Crippen LogP contribution is -2.30. The monoisotopic (exact) mass is 553 g/mol. The van der Waals surface area contributed by atoms with Crippen molar-refractivity contribution in [1.29, 1.82) is 0 Å². The maximum Gasteiger partial charge on any atom is 0.196 e. The molecule has 1 aromatic heterocycles. The van der Waals surface area contributed by atoms with Crippen LogP contribution in [0.2, 0.25) is 0 Å². The van der Waals surface area contributed by atoms with Crippen LogP contribution < -0.4 is 15.4 Å². The first kappa shape index (κ1) is 25.6. The number of benzene rings is 2. The van der Waals surface area contributed by atoms with E-state index >= 15 is 0 Å². The summed E-state index contributed by atoms with van der Waals surface area (Å²) in [6.07, 6.45) is 5.72. The van der Waals surface area contributed by atoms with Crippen LogP contribution in [0.1, 0.15) is 18.9 Å². The summed E-state index contributed by atoms with van der Waals surface area (Å²) >= 11 is 0. The maximum atomic E-state index is 14.5. The van der Waals surface area contributed by atoms with Crippen molar-refractivity contribution in [3.05, 3.63) is 72.6 Å². The van der Waals surface area contributed by atoms with Crippen LogP contribution in [-0.4, -0.2) is 42.4 Å². The number of halogens is 2. The Kier molecular flexibility index (Phi) is 10.9. The lowest BCUT2D eigenvalue weighted by molar-refractivity contribution is 0.172. The van der Waals surface area contributed by atoms with E-state index in [1.807, 2.05) is 37.3 Å². The molecule has 7 nitrogen and oxygen atoms in total. The van der Waals surface area contributed by atoms with E-state index in [9.17, 15) is 4.39 Å². The molecule has 3 rings (SSSR count). The van der Waals surface area contributed by atoms with Crippen molar-refractivity contribution in [3.8, 4) is 11.4 Å². The average molecular weight is 553 g/mol. The lowest BCUT2D eigenvalue weighted by atomic mass is 10.2. The molecule has 2 N–H and O–H groups in total. The Bertz CT molecular complexity index is 982. The Morgan fingerprint density at radius 2 is 2.06 bits per heavy atom. The first-order chi connectivity index (χ1) is 15.2. The predicted molar refractivity (Wildman–Crippen MR) is 136 cm³/mol. The van der Waals surface area contributed by atoms with E-state index in [4.69, 9.17) is 9.47 Å². The van der Waals surface area contributed by atoms with Crippen molar-refractivity contribution in [3.63, 3.8) is 0 Å². The van der Waals surface area contributed by atoms with Gasteiger partial charge in [0.1, 0.15) is 11.6 Å². The average Bonchev–Trinajstić information content (AvgIpc) is 3.30. The zero-order valence-corrected chi connectivity index (χ0v) is 20.6. The number of anilines is 1. The van der Waals surface area contributed by atoms with E-state index in [1.165, 1.54) is 6.07 Å². The molecule has 0 fully saturated rings. The second kappa shape index (κ2) is 13.7. The molecule has 0 saturated carbocycles. The minimum atomic E-state index is -0.318. The Balaban J connectivity index is 0.00000363. The number of nitrogens with one attached hydrogen (secondary N) is 2. The standard InChI is InChI=1S/C23H28FN5O2.HI/c1-3-26-23(28-19-6-4-7-20(15-19)31-13-5-12-30-2)27-16-18-8-9-22(21(24)14-18)29-11-10-25-17-29;/h4,6-11,14-15,17H,3,5,12-13,16H2,1-2H3,(H2,26,27,28);1H. The SMILES string of the molecule is CCNC(=NCc1ccc(-n2ccnc2)c(F)c1)Nc1cccc(OCCCOC)c1.I. The van der Waals surface area contributed by atoms with Gasteiger partial charge in [0.2, 0.25) is 0 Å². The number of imidazole rings is 1. The van der Waals surface area contributed by atoms with Gasteiger partial charge in [0, 0.05) is 50.8 Å². The highest BCUT2D eigenvalue weighted by Crippen LogP contribution is 2.18. The Hall–Kier alpha value is -2.66. The molecular formula is C23H29FIN5O2. The van der Waals surface area contributed by atoms with E-state index < -0.39 is 0 Å². The van der Waals surface area contributed by atoms with Crippen LogP contribution in [0, 0.1) is 5.82 Å². The fourth-order valence-corrected chi connectivity index (χ4v) is 2.93. The Morgan fingerprint density at radius 1 is 1.19 bits per heavy atom. The van der Waals surface area contributed by atoms with Gasteiger partial charge in [0.15, 0.2) is 5.96 Å². The van der Waals surface area contributed by atoms with Crippen LogP contribution in [0.4, 0.5) is 10.1 Å². The summed E-state index contributed by atoms with van der Waals surface area (Å²) in [4.78, 5) is 8.54. The van der Waals surface area contributed by atoms with Crippen LogP contribution in [0.5, 0.6) is 5.75 Å². The molecular weight excluding hydrogens is 524 g/mol. The van der Waals surface area contributed by atoms with E-state index in [-0.39, 0.29) is 29.8 Å². The second-order valence-corrected chi connectivity index (χ2v) is 6.80. The van der Waals surface area contributed by atoms with E-state index in [1.54, 1.807) is 36.5 Å². The van der Waals surface area contributed by atoms with Crippen molar-refractivity contribution < 1.29 is 13.9 Å². The molecule has 0 bridgehead atoms. The summed E-state index contributed by atoms with van der Waals surface area (Å²) in [5, 5.41) is 6.47. The number of methoxy groups -OCH3 is 1. The highest BCUT2D eigenvalue weighted by atomic mass is 127. The van der Waals surface area contributed by atoms with E-state index in [0.717, 1.165) is 23.4 Å². The van der Waals surface area contributed by atoms with Gasteiger partial charge in [-0.2, -0.15) is 0 Å².